The van der Waals surface area contributed by atoms with Gasteiger partial charge in [-0.2, -0.15) is 0 Å². The number of halogens is 3. The average Bonchev–Trinajstić information content (AvgIpc) is 2.63. The van der Waals surface area contributed by atoms with Crippen LogP contribution in [-0.4, -0.2) is 21.2 Å². The minimum atomic E-state index is -5.26. The quantitative estimate of drug-likeness (QED) is 0.468. The molecule has 0 aliphatic carbocycles. The van der Waals surface area contributed by atoms with Crippen molar-refractivity contribution in [2.75, 3.05) is 14.2 Å². The van der Waals surface area contributed by atoms with Crippen LogP contribution >= 0.6 is 0 Å². The SMILES string of the molecule is C=CCCc1cc([B-](F)(F)F)c(OC)c(OC)c1OCc1ccccc1.[K+]. The van der Waals surface area contributed by atoms with E-state index in [1.807, 2.05) is 30.3 Å². The monoisotopic (exact) mass is 404 g/mol. The van der Waals surface area contributed by atoms with Gasteiger partial charge in [0.1, 0.15) is 12.4 Å². The van der Waals surface area contributed by atoms with Gasteiger partial charge in [-0.25, -0.2) is 0 Å². The molecule has 0 amide bonds. The first kappa shape index (κ1) is 24.1. The number of methoxy groups -OCH3 is 2. The van der Waals surface area contributed by atoms with Crippen LogP contribution in [0.25, 0.3) is 0 Å². The molecule has 0 aromatic heterocycles. The second kappa shape index (κ2) is 11.2. The molecular formula is C19H21BF3KO3. The Morgan fingerprint density at radius 3 is 2.15 bits per heavy atom. The second-order valence-electron chi connectivity index (χ2n) is 5.70. The molecule has 2 rings (SSSR count). The molecule has 0 radical (unpaired) electrons. The largest absolute Gasteiger partial charge is 1.00 e. The van der Waals surface area contributed by atoms with Gasteiger partial charge in [0.2, 0.25) is 5.75 Å². The Labute approximate surface area is 200 Å². The van der Waals surface area contributed by atoms with Crippen LogP contribution in [0.1, 0.15) is 17.5 Å². The number of hydrogen-bond acceptors (Lipinski definition) is 3. The van der Waals surface area contributed by atoms with Gasteiger partial charge in [-0.1, -0.05) is 47.9 Å². The molecule has 0 N–H and O–H groups in total. The molecule has 0 saturated heterocycles. The third kappa shape index (κ3) is 6.29. The van der Waals surface area contributed by atoms with Crippen LogP contribution in [-0.2, 0) is 13.0 Å². The van der Waals surface area contributed by atoms with Gasteiger partial charge in [0.15, 0.2) is 5.75 Å². The van der Waals surface area contributed by atoms with Crippen LogP contribution in [0.4, 0.5) is 12.9 Å². The van der Waals surface area contributed by atoms with Crippen LogP contribution in [0.5, 0.6) is 17.2 Å². The van der Waals surface area contributed by atoms with Crippen molar-refractivity contribution in [3.8, 4) is 17.2 Å². The van der Waals surface area contributed by atoms with E-state index in [9.17, 15) is 12.9 Å². The van der Waals surface area contributed by atoms with Gasteiger partial charge in [0.25, 0.3) is 0 Å². The van der Waals surface area contributed by atoms with Gasteiger partial charge in [-0.05, 0) is 24.0 Å². The Balaban J connectivity index is 0.00000364. The molecular weight excluding hydrogens is 383 g/mol. The third-order valence-corrected chi connectivity index (χ3v) is 3.90. The Morgan fingerprint density at radius 2 is 1.63 bits per heavy atom. The van der Waals surface area contributed by atoms with E-state index in [0.29, 0.717) is 18.4 Å². The molecule has 0 heterocycles. The van der Waals surface area contributed by atoms with E-state index < -0.39 is 12.4 Å². The molecule has 27 heavy (non-hydrogen) atoms. The zero-order chi connectivity index (χ0) is 19.2. The summed E-state index contributed by atoms with van der Waals surface area (Å²) in [5.74, 6) is -0.136. The summed E-state index contributed by atoms with van der Waals surface area (Å²) in [7, 11) is 2.49. The van der Waals surface area contributed by atoms with Gasteiger partial charge in [-0.15, -0.1) is 6.58 Å². The van der Waals surface area contributed by atoms with Crippen molar-refractivity contribution in [3.05, 3.63) is 60.2 Å². The maximum Gasteiger partial charge on any atom is 1.00 e. The van der Waals surface area contributed by atoms with Crippen LogP contribution in [0.15, 0.2) is 49.1 Å². The Kier molecular flexibility index (Phi) is 9.97. The van der Waals surface area contributed by atoms with Crippen molar-refractivity contribution < 1.29 is 78.5 Å². The van der Waals surface area contributed by atoms with Crippen LogP contribution in [0, 0.1) is 0 Å². The zero-order valence-corrected chi connectivity index (χ0v) is 18.9. The maximum absolute atomic E-state index is 13.5. The molecule has 0 aliphatic heterocycles. The van der Waals surface area contributed by atoms with Crippen molar-refractivity contribution in [2.45, 2.75) is 19.4 Å². The second-order valence-corrected chi connectivity index (χ2v) is 5.70. The molecule has 0 spiro atoms. The molecule has 140 valence electrons. The first-order valence-electron chi connectivity index (χ1n) is 8.17. The van der Waals surface area contributed by atoms with Crippen molar-refractivity contribution in [2.24, 2.45) is 0 Å². The molecule has 3 nitrogen and oxygen atoms in total. The van der Waals surface area contributed by atoms with Gasteiger partial charge in [0.05, 0.1) is 14.2 Å². The van der Waals surface area contributed by atoms with Crippen LogP contribution in [0.2, 0.25) is 0 Å². The number of ether oxygens (including phenoxy) is 3. The number of aryl methyl sites for hydroxylation is 1. The molecule has 2 aromatic carbocycles. The Bertz CT molecular complexity index is 752. The van der Waals surface area contributed by atoms with Gasteiger partial charge < -0.3 is 27.2 Å². The van der Waals surface area contributed by atoms with E-state index in [4.69, 9.17) is 14.2 Å². The van der Waals surface area contributed by atoms with E-state index in [1.165, 1.54) is 14.2 Å². The van der Waals surface area contributed by atoms with E-state index in [0.717, 1.165) is 11.6 Å². The van der Waals surface area contributed by atoms with Crippen LogP contribution in [0.3, 0.4) is 0 Å². The summed E-state index contributed by atoms with van der Waals surface area (Å²) in [6.45, 7) is -1.43. The first-order valence-corrected chi connectivity index (χ1v) is 8.17. The van der Waals surface area contributed by atoms with Crippen molar-refractivity contribution >= 4 is 12.4 Å². The van der Waals surface area contributed by atoms with E-state index in [2.05, 4.69) is 6.58 Å². The first-order chi connectivity index (χ1) is 12.4. The molecule has 2 aromatic rings. The van der Waals surface area contributed by atoms with Gasteiger partial charge in [0, 0.05) is 0 Å². The summed E-state index contributed by atoms with van der Waals surface area (Å²) in [4.78, 5) is 0. The Hall–Kier alpha value is -0.929. The summed E-state index contributed by atoms with van der Waals surface area (Å²) in [5, 5.41) is 0. The third-order valence-electron chi connectivity index (χ3n) is 3.90. The predicted molar refractivity (Wildman–Crippen MR) is 97.6 cm³/mol. The fourth-order valence-corrected chi connectivity index (χ4v) is 2.67. The predicted octanol–water partition coefficient (Wildman–Crippen LogP) is 1.46. The summed E-state index contributed by atoms with van der Waals surface area (Å²) in [6.07, 6.45) is 2.52. The normalized spacial score (nSPS) is 10.7. The molecule has 0 atom stereocenters. The summed E-state index contributed by atoms with van der Waals surface area (Å²) >= 11 is 0. The topological polar surface area (TPSA) is 27.7 Å². The maximum atomic E-state index is 13.5. The molecule has 0 fully saturated rings. The van der Waals surface area contributed by atoms with E-state index in [-0.39, 0.29) is 75.2 Å². The minimum absolute atomic E-state index is 0. The van der Waals surface area contributed by atoms with E-state index in [1.54, 1.807) is 6.08 Å². The standard InChI is InChI=1S/C19H21BF3O3.K/c1-4-5-11-15-12-16(20(21,22)23)18(24-2)19(25-3)17(15)26-13-14-9-7-6-8-10-14;/h4,6-10,12H,1,5,11,13H2,2-3H3;/q-1;+1. The van der Waals surface area contributed by atoms with Crippen molar-refractivity contribution in [1.29, 1.82) is 0 Å². The van der Waals surface area contributed by atoms with Gasteiger partial charge >= 0.3 is 58.4 Å². The van der Waals surface area contributed by atoms with Crippen molar-refractivity contribution in [3.63, 3.8) is 0 Å². The molecule has 0 bridgehead atoms. The number of hydrogen-bond donors (Lipinski definition) is 0. The van der Waals surface area contributed by atoms with Gasteiger partial charge in [-0.3, -0.25) is 0 Å². The summed E-state index contributed by atoms with van der Waals surface area (Å²) in [6, 6.07) is 10.4. The minimum Gasteiger partial charge on any atom is -0.496 e. The van der Waals surface area contributed by atoms with Crippen LogP contribution < -0.4 is 71.1 Å². The smallest absolute Gasteiger partial charge is 0.496 e. The molecule has 0 unspecified atom stereocenters. The summed E-state index contributed by atoms with van der Waals surface area (Å²) < 4.78 is 56.6. The number of allylic oxidation sites excluding steroid dienone is 1. The fraction of sp³-hybridized carbons (Fsp3) is 0.263. The molecule has 0 saturated carbocycles. The zero-order valence-electron chi connectivity index (χ0n) is 15.8. The molecule has 8 heteroatoms. The Morgan fingerprint density at radius 1 is 1.00 bits per heavy atom. The summed E-state index contributed by atoms with van der Waals surface area (Å²) in [5.41, 5.74) is 0.482. The number of rotatable bonds is 9. The average molecular weight is 404 g/mol. The fourth-order valence-electron chi connectivity index (χ4n) is 2.67. The molecule has 0 aliphatic rings. The number of benzene rings is 2. The van der Waals surface area contributed by atoms with Crippen molar-refractivity contribution in [1.82, 2.24) is 0 Å². The van der Waals surface area contributed by atoms with E-state index >= 15 is 0 Å².